The van der Waals surface area contributed by atoms with Crippen molar-refractivity contribution >= 4 is 11.8 Å². The number of thioether (sulfide) groups is 1. The molecule has 0 fully saturated rings. The van der Waals surface area contributed by atoms with E-state index in [2.05, 4.69) is 53.0 Å². The lowest BCUT2D eigenvalue weighted by molar-refractivity contribution is 0.567. The molecule has 17 heavy (non-hydrogen) atoms. The summed E-state index contributed by atoms with van der Waals surface area (Å²) >= 11 is 1.77. The number of nitrogens with zero attached hydrogens (tertiary/aromatic N) is 1. The van der Waals surface area contributed by atoms with E-state index in [4.69, 9.17) is 0 Å². The van der Waals surface area contributed by atoms with Crippen molar-refractivity contribution in [3.63, 3.8) is 0 Å². The summed E-state index contributed by atoms with van der Waals surface area (Å²) in [4.78, 5) is 1.30. The van der Waals surface area contributed by atoms with Crippen LogP contribution in [-0.2, 0) is 6.54 Å². The maximum atomic E-state index is 3.93. The summed E-state index contributed by atoms with van der Waals surface area (Å²) in [5, 5.41) is 10.3. The van der Waals surface area contributed by atoms with Crippen molar-refractivity contribution < 1.29 is 0 Å². The molecule has 4 heteroatoms. The van der Waals surface area contributed by atoms with Gasteiger partial charge in [-0.3, -0.25) is 5.10 Å². The first kappa shape index (κ1) is 12.2. The zero-order valence-corrected chi connectivity index (χ0v) is 10.9. The number of aromatic nitrogens is 2. The van der Waals surface area contributed by atoms with Gasteiger partial charge in [-0.05, 0) is 36.9 Å². The maximum Gasteiger partial charge on any atom is 0.0490 e. The van der Waals surface area contributed by atoms with Gasteiger partial charge in [-0.2, -0.15) is 5.10 Å². The number of rotatable bonds is 5. The SMILES string of the molecule is CSc1ccc(C(C)NCc2ccn[nH]2)cc1. The van der Waals surface area contributed by atoms with E-state index in [1.54, 1.807) is 18.0 Å². The fourth-order valence-electron chi connectivity index (χ4n) is 1.66. The fourth-order valence-corrected chi connectivity index (χ4v) is 2.06. The highest BCUT2D eigenvalue weighted by Crippen LogP contribution is 2.18. The molecular formula is C13H17N3S. The molecule has 0 radical (unpaired) electrons. The minimum absolute atomic E-state index is 0.342. The fraction of sp³-hybridized carbons (Fsp3) is 0.308. The summed E-state index contributed by atoms with van der Waals surface area (Å²) in [7, 11) is 0. The number of aromatic amines is 1. The van der Waals surface area contributed by atoms with E-state index in [0.29, 0.717) is 6.04 Å². The number of hydrogen-bond donors (Lipinski definition) is 2. The van der Waals surface area contributed by atoms with E-state index in [0.717, 1.165) is 12.2 Å². The molecule has 1 unspecified atom stereocenters. The molecule has 1 aromatic heterocycles. The van der Waals surface area contributed by atoms with Gasteiger partial charge in [0.05, 0.1) is 0 Å². The summed E-state index contributed by atoms with van der Waals surface area (Å²) in [6.45, 7) is 2.98. The van der Waals surface area contributed by atoms with Gasteiger partial charge >= 0.3 is 0 Å². The van der Waals surface area contributed by atoms with Crippen molar-refractivity contribution in [2.24, 2.45) is 0 Å². The van der Waals surface area contributed by atoms with E-state index in [-0.39, 0.29) is 0 Å². The molecule has 90 valence electrons. The van der Waals surface area contributed by atoms with Gasteiger partial charge in [-0.15, -0.1) is 11.8 Å². The van der Waals surface area contributed by atoms with Crippen LogP contribution in [0.5, 0.6) is 0 Å². The molecule has 2 N–H and O–H groups in total. The molecule has 0 bridgehead atoms. The van der Waals surface area contributed by atoms with Crippen LogP contribution in [-0.4, -0.2) is 16.5 Å². The van der Waals surface area contributed by atoms with Gasteiger partial charge in [0.2, 0.25) is 0 Å². The Morgan fingerprint density at radius 3 is 2.65 bits per heavy atom. The average Bonchev–Trinajstić information content (AvgIpc) is 2.89. The van der Waals surface area contributed by atoms with E-state index in [9.17, 15) is 0 Å². The predicted octanol–water partition coefficient (Wildman–Crippen LogP) is 2.98. The minimum Gasteiger partial charge on any atom is -0.305 e. The lowest BCUT2D eigenvalue weighted by Crippen LogP contribution is -2.18. The Balaban J connectivity index is 1.92. The molecule has 0 aliphatic heterocycles. The Labute approximate surface area is 106 Å². The number of H-pyrrole nitrogens is 1. The van der Waals surface area contributed by atoms with Crippen LogP contribution in [0.3, 0.4) is 0 Å². The minimum atomic E-state index is 0.342. The Bertz CT molecular complexity index is 436. The summed E-state index contributed by atoms with van der Waals surface area (Å²) < 4.78 is 0. The first-order valence-corrected chi connectivity index (χ1v) is 6.87. The van der Waals surface area contributed by atoms with Crippen LogP contribution in [0.1, 0.15) is 24.2 Å². The second-order valence-electron chi connectivity index (χ2n) is 3.96. The van der Waals surface area contributed by atoms with Gasteiger partial charge in [0.1, 0.15) is 0 Å². The van der Waals surface area contributed by atoms with Crippen LogP contribution in [0, 0.1) is 0 Å². The first-order chi connectivity index (χ1) is 8.29. The summed E-state index contributed by atoms with van der Waals surface area (Å²) in [6, 6.07) is 11.0. The van der Waals surface area contributed by atoms with Crippen molar-refractivity contribution in [3.8, 4) is 0 Å². The van der Waals surface area contributed by atoms with Crippen molar-refractivity contribution in [2.45, 2.75) is 24.4 Å². The molecule has 0 aliphatic carbocycles. The molecule has 0 aliphatic rings. The first-order valence-electron chi connectivity index (χ1n) is 5.65. The van der Waals surface area contributed by atoms with Gasteiger partial charge in [0.15, 0.2) is 0 Å². The van der Waals surface area contributed by atoms with Crippen molar-refractivity contribution in [1.29, 1.82) is 0 Å². The smallest absolute Gasteiger partial charge is 0.0490 e. The number of benzene rings is 1. The highest BCUT2D eigenvalue weighted by atomic mass is 32.2. The maximum absolute atomic E-state index is 3.93. The Hall–Kier alpha value is -1.26. The molecule has 1 atom stereocenters. The Morgan fingerprint density at radius 2 is 2.06 bits per heavy atom. The van der Waals surface area contributed by atoms with E-state index < -0.39 is 0 Å². The third-order valence-electron chi connectivity index (χ3n) is 2.77. The molecule has 0 saturated heterocycles. The second-order valence-corrected chi connectivity index (χ2v) is 4.84. The second kappa shape index (κ2) is 5.89. The van der Waals surface area contributed by atoms with E-state index >= 15 is 0 Å². The standard InChI is InChI=1S/C13H17N3S/c1-10(14-9-12-7-8-15-16-12)11-3-5-13(17-2)6-4-11/h3-8,10,14H,9H2,1-2H3,(H,15,16). The molecule has 3 nitrogen and oxygen atoms in total. The van der Waals surface area contributed by atoms with Gasteiger partial charge < -0.3 is 5.32 Å². The molecule has 0 amide bonds. The van der Waals surface area contributed by atoms with E-state index in [1.165, 1.54) is 10.5 Å². The van der Waals surface area contributed by atoms with Crippen LogP contribution in [0.15, 0.2) is 41.4 Å². The molecule has 1 heterocycles. The topological polar surface area (TPSA) is 40.7 Å². The largest absolute Gasteiger partial charge is 0.305 e. The Kier molecular flexibility index (Phi) is 4.23. The molecule has 2 aromatic rings. The average molecular weight is 247 g/mol. The highest BCUT2D eigenvalue weighted by molar-refractivity contribution is 7.98. The highest BCUT2D eigenvalue weighted by Gasteiger charge is 2.04. The monoisotopic (exact) mass is 247 g/mol. The van der Waals surface area contributed by atoms with Gasteiger partial charge in [-0.1, -0.05) is 12.1 Å². The number of nitrogens with one attached hydrogen (secondary N) is 2. The van der Waals surface area contributed by atoms with Crippen LogP contribution in [0.4, 0.5) is 0 Å². The lowest BCUT2D eigenvalue weighted by atomic mass is 10.1. The van der Waals surface area contributed by atoms with E-state index in [1.807, 2.05) is 6.07 Å². The summed E-state index contributed by atoms with van der Waals surface area (Å²) in [5.41, 5.74) is 2.42. The predicted molar refractivity (Wildman–Crippen MR) is 72.1 cm³/mol. The molecule has 0 saturated carbocycles. The van der Waals surface area contributed by atoms with Crippen molar-refractivity contribution in [1.82, 2.24) is 15.5 Å². The van der Waals surface area contributed by atoms with Crippen molar-refractivity contribution in [2.75, 3.05) is 6.26 Å². The molecule has 1 aromatic carbocycles. The Morgan fingerprint density at radius 1 is 1.29 bits per heavy atom. The quantitative estimate of drug-likeness (QED) is 0.798. The zero-order valence-electron chi connectivity index (χ0n) is 10.1. The number of hydrogen-bond acceptors (Lipinski definition) is 3. The third kappa shape index (κ3) is 3.35. The zero-order chi connectivity index (χ0) is 12.1. The molecule has 2 rings (SSSR count). The van der Waals surface area contributed by atoms with Crippen molar-refractivity contribution in [3.05, 3.63) is 47.8 Å². The summed E-state index contributed by atoms with van der Waals surface area (Å²) in [6.07, 6.45) is 3.86. The van der Waals surface area contributed by atoms with Gasteiger partial charge in [-0.25, -0.2) is 0 Å². The van der Waals surface area contributed by atoms with Gasteiger partial charge in [0, 0.05) is 29.4 Å². The molecule has 0 spiro atoms. The van der Waals surface area contributed by atoms with Crippen LogP contribution >= 0.6 is 11.8 Å². The normalized spacial score (nSPS) is 12.6. The lowest BCUT2D eigenvalue weighted by Gasteiger charge is -2.13. The van der Waals surface area contributed by atoms with Gasteiger partial charge in [0.25, 0.3) is 0 Å². The third-order valence-corrected chi connectivity index (χ3v) is 3.52. The summed E-state index contributed by atoms with van der Waals surface area (Å²) in [5.74, 6) is 0. The molecular weight excluding hydrogens is 230 g/mol. The van der Waals surface area contributed by atoms with Crippen LogP contribution < -0.4 is 5.32 Å². The van der Waals surface area contributed by atoms with Crippen LogP contribution in [0.25, 0.3) is 0 Å². The van der Waals surface area contributed by atoms with Crippen LogP contribution in [0.2, 0.25) is 0 Å².